The van der Waals surface area contributed by atoms with Crippen molar-refractivity contribution < 1.29 is 14.3 Å². The quantitative estimate of drug-likeness (QED) is 0.545. The number of methoxy groups -OCH3 is 1. The average Bonchev–Trinajstić information content (AvgIpc) is 3.22. The fourth-order valence-electron chi connectivity index (χ4n) is 3.42. The molecule has 1 amide bonds. The Hall–Kier alpha value is -3.13. The first-order chi connectivity index (χ1) is 15.0. The molecule has 0 unspecified atom stereocenters. The molecule has 31 heavy (non-hydrogen) atoms. The van der Waals surface area contributed by atoms with E-state index >= 15 is 0 Å². The summed E-state index contributed by atoms with van der Waals surface area (Å²) in [5, 5.41) is 0.965. The fourth-order valence-corrected chi connectivity index (χ4v) is 4.38. The van der Waals surface area contributed by atoms with Gasteiger partial charge in [-0.2, -0.15) is 0 Å². The Bertz CT molecular complexity index is 1050. The maximum absolute atomic E-state index is 12.7. The molecule has 3 heterocycles. The number of carbonyl (C=O) groups excluding carboxylic acids is 1. The van der Waals surface area contributed by atoms with Gasteiger partial charge in [0, 0.05) is 38.5 Å². The molecule has 1 fully saturated rings. The number of carbonyl (C=O) groups is 1. The fraction of sp³-hybridized carbons (Fsp3) is 0.348. The van der Waals surface area contributed by atoms with Gasteiger partial charge < -0.3 is 19.3 Å². The first-order valence-corrected chi connectivity index (χ1v) is 11.1. The number of aromatic nitrogens is 2. The summed E-state index contributed by atoms with van der Waals surface area (Å²) in [5.41, 5.74) is 1.81. The van der Waals surface area contributed by atoms with Crippen molar-refractivity contribution in [3.63, 3.8) is 0 Å². The third kappa shape index (κ3) is 4.96. The maximum atomic E-state index is 12.7. The van der Waals surface area contributed by atoms with E-state index in [1.54, 1.807) is 30.7 Å². The molecule has 0 N–H and O–H groups in total. The highest BCUT2D eigenvalue weighted by Gasteiger charge is 2.22. The summed E-state index contributed by atoms with van der Waals surface area (Å²) in [5.74, 6) is 1.36. The average molecular weight is 439 g/mol. The van der Waals surface area contributed by atoms with Gasteiger partial charge in [0.15, 0.2) is 16.6 Å². The summed E-state index contributed by atoms with van der Waals surface area (Å²) < 4.78 is 11.2. The summed E-state index contributed by atoms with van der Waals surface area (Å²) in [4.78, 5) is 26.7. The second kappa shape index (κ2) is 9.34. The number of fused-ring (bicyclic) bond motifs is 1. The molecular weight excluding hydrogens is 412 g/mol. The lowest BCUT2D eigenvalue weighted by atomic mass is 10.1. The maximum Gasteiger partial charge on any atom is 0.246 e. The van der Waals surface area contributed by atoms with Crippen LogP contribution in [0.2, 0.25) is 0 Å². The van der Waals surface area contributed by atoms with Gasteiger partial charge in [-0.1, -0.05) is 17.4 Å². The number of pyridine rings is 1. The molecule has 3 aromatic rings. The molecule has 0 radical (unpaired) electrons. The second-order valence-electron chi connectivity index (χ2n) is 7.55. The summed E-state index contributed by atoms with van der Waals surface area (Å²) in [6.07, 6.45) is 5.28. The molecule has 1 aliphatic rings. The van der Waals surface area contributed by atoms with Gasteiger partial charge in [0.2, 0.25) is 5.91 Å². The van der Waals surface area contributed by atoms with E-state index in [4.69, 9.17) is 9.47 Å². The van der Waals surface area contributed by atoms with Crippen molar-refractivity contribution in [2.75, 3.05) is 38.2 Å². The van der Waals surface area contributed by atoms with Crippen LogP contribution in [0.15, 0.2) is 42.6 Å². The molecule has 0 aliphatic carbocycles. The highest BCUT2D eigenvalue weighted by molar-refractivity contribution is 7.21. The van der Waals surface area contributed by atoms with E-state index in [-0.39, 0.29) is 12.0 Å². The largest absolute Gasteiger partial charge is 0.493 e. The van der Waals surface area contributed by atoms with E-state index in [1.807, 2.05) is 55.2 Å². The molecule has 1 aliphatic heterocycles. The van der Waals surface area contributed by atoms with Crippen LogP contribution in [0.3, 0.4) is 0 Å². The first-order valence-electron chi connectivity index (χ1n) is 10.3. The van der Waals surface area contributed by atoms with Crippen molar-refractivity contribution in [1.29, 1.82) is 0 Å². The SMILES string of the molecule is COc1cc(/C=C/C(=O)N2CCN(c3nc4cccnc4s3)CC2)ccc1OC(C)C. The van der Waals surface area contributed by atoms with Crippen LogP contribution in [0.5, 0.6) is 11.5 Å². The molecule has 4 rings (SSSR count). The minimum atomic E-state index is 0.00657. The lowest BCUT2D eigenvalue weighted by molar-refractivity contribution is -0.126. The number of thiazole rings is 1. The van der Waals surface area contributed by atoms with Gasteiger partial charge in [0.05, 0.1) is 13.2 Å². The number of ether oxygens (including phenoxy) is 2. The zero-order chi connectivity index (χ0) is 21.8. The standard InChI is InChI=1S/C23H26N4O3S/c1-16(2)30-19-8-6-17(15-20(19)29-3)7-9-21(28)26-11-13-27(14-12-26)23-25-18-5-4-10-24-22(18)31-23/h4-10,15-16H,11-14H2,1-3H3/b9-7+. The Morgan fingerprint density at radius 1 is 1.16 bits per heavy atom. The van der Waals surface area contributed by atoms with Crippen LogP contribution in [0.4, 0.5) is 5.13 Å². The van der Waals surface area contributed by atoms with Gasteiger partial charge >= 0.3 is 0 Å². The predicted molar refractivity (Wildman–Crippen MR) is 124 cm³/mol. The summed E-state index contributed by atoms with van der Waals surface area (Å²) in [7, 11) is 1.61. The Balaban J connectivity index is 1.36. The Kier molecular flexibility index (Phi) is 6.36. The highest BCUT2D eigenvalue weighted by atomic mass is 32.1. The van der Waals surface area contributed by atoms with Gasteiger partial charge in [-0.3, -0.25) is 4.79 Å². The normalized spacial score (nSPS) is 14.6. The number of hydrogen-bond acceptors (Lipinski definition) is 7. The summed E-state index contributed by atoms with van der Waals surface area (Å²) >= 11 is 1.59. The van der Waals surface area contributed by atoms with Crippen molar-refractivity contribution >= 4 is 38.8 Å². The van der Waals surface area contributed by atoms with Crippen molar-refractivity contribution in [2.24, 2.45) is 0 Å². The lowest BCUT2D eigenvalue weighted by Gasteiger charge is -2.34. The Morgan fingerprint density at radius 2 is 1.97 bits per heavy atom. The van der Waals surface area contributed by atoms with Crippen LogP contribution in [-0.4, -0.2) is 60.2 Å². The van der Waals surface area contributed by atoms with E-state index in [9.17, 15) is 4.79 Å². The molecule has 162 valence electrons. The van der Waals surface area contributed by atoms with E-state index in [0.717, 1.165) is 34.1 Å². The van der Waals surface area contributed by atoms with Crippen LogP contribution < -0.4 is 14.4 Å². The topological polar surface area (TPSA) is 67.8 Å². The third-order valence-electron chi connectivity index (χ3n) is 4.99. The minimum absolute atomic E-state index is 0.00657. The van der Waals surface area contributed by atoms with Gasteiger partial charge in [-0.25, -0.2) is 9.97 Å². The molecule has 0 spiro atoms. The van der Waals surface area contributed by atoms with Crippen LogP contribution in [0, 0.1) is 0 Å². The smallest absolute Gasteiger partial charge is 0.246 e. The van der Waals surface area contributed by atoms with Gasteiger partial charge in [-0.05, 0) is 49.8 Å². The summed E-state index contributed by atoms with van der Waals surface area (Å²) in [6.45, 7) is 6.79. The zero-order valence-electron chi connectivity index (χ0n) is 17.9. The van der Waals surface area contributed by atoms with Crippen LogP contribution in [-0.2, 0) is 4.79 Å². The van der Waals surface area contributed by atoms with E-state index < -0.39 is 0 Å². The van der Waals surface area contributed by atoms with Gasteiger partial charge in [0.25, 0.3) is 0 Å². The van der Waals surface area contributed by atoms with E-state index in [1.165, 1.54) is 0 Å². The Morgan fingerprint density at radius 3 is 2.68 bits per heavy atom. The van der Waals surface area contributed by atoms with Crippen LogP contribution >= 0.6 is 11.3 Å². The molecule has 0 bridgehead atoms. The van der Waals surface area contributed by atoms with E-state index in [0.29, 0.717) is 24.6 Å². The molecule has 7 nitrogen and oxygen atoms in total. The van der Waals surface area contributed by atoms with Gasteiger partial charge in [0.1, 0.15) is 10.3 Å². The number of amides is 1. The third-order valence-corrected chi connectivity index (χ3v) is 6.03. The Labute approximate surface area is 185 Å². The number of anilines is 1. The lowest BCUT2D eigenvalue weighted by Crippen LogP contribution is -2.48. The molecule has 0 atom stereocenters. The van der Waals surface area contributed by atoms with Crippen molar-refractivity contribution in [3.05, 3.63) is 48.2 Å². The highest BCUT2D eigenvalue weighted by Crippen LogP contribution is 2.30. The van der Waals surface area contributed by atoms with E-state index in [2.05, 4.69) is 14.9 Å². The number of benzene rings is 1. The minimum Gasteiger partial charge on any atom is -0.493 e. The zero-order valence-corrected chi connectivity index (χ0v) is 18.8. The number of hydrogen-bond donors (Lipinski definition) is 0. The van der Waals surface area contributed by atoms with Crippen LogP contribution in [0.25, 0.3) is 16.4 Å². The molecule has 2 aromatic heterocycles. The first kappa shape index (κ1) is 21.1. The van der Waals surface area contributed by atoms with Gasteiger partial charge in [-0.15, -0.1) is 0 Å². The molecule has 1 aromatic carbocycles. The molecule has 1 saturated heterocycles. The molecule has 8 heteroatoms. The van der Waals surface area contributed by atoms with Crippen molar-refractivity contribution in [1.82, 2.24) is 14.9 Å². The number of nitrogens with zero attached hydrogens (tertiary/aromatic N) is 4. The number of rotatable bonds is 6. The monoisotopic (exact) mass is 438 g/mol. The molecular formula is C23H26N4O3S. The predicted octanol–water partition coefficient (Wildman–Crippen LogP) is 3.85. The van der Waals surface area contributed by atoms with Crippen molar-refractivity contribution in [3.8, 4) is 11.5 Å². The summed E-state index contributed by atoms with van der Waals surface area (Å²) in [6, 6.07) is 9.54. The molecule has 0 saturated carbocycles. The van der Waals surface area contributed by atoms with Crippen LogP contribution in [0.1, 0.15) is 19.4 Å². The number of piperazine rings is 1. The second-order valence-corrected chi connectivity index (χ2v) is 8.50. The van der Waals surface area contributed by atoms with Crippen molar-refractivity contribution in [2.45, 2.75) is 20.0 Å².